The first-order chi connectivity index (χ1) is 13.7. The number of para-hydroxylation sites is 1. The first-order valence-corrected chi connectivity index (χ1v) is 8.71. The molecule has 1 aromatic carbocycles. The second-order valence-electron chi connectivity index (χ2n) is 5.66. The standard InChI is InChI=1S/C20H19N5O3/c1-2-28-19(27)15-8-3-4-9-16(15)24-20-22-12-10-17(25-20)18(26)23-13-14-7-5-6-11-21-14/h3-12H,2,13H2,1H3,(H,23,26)(H,22,24,25). The summed E-state index contributed by atoms with van der Waals surface area (Å²) in [4.78, 5) is 36.9. The third-order valence-electron chi connectivity index (χ3n) is 3.71. The second kappa shape index (κ2) is 9.22. The van der Waals surface area contributed by atoms with E-state index in [1.807, 2.05) is 18.2 Å². The number of amides is 1. The third-order valence-corrected chi connectivity index (χ3v) is 3.71. The average Bonchev–Trinajstić information content (AvgIpc) is 2.73. The molecule has 0 saturated heterocycles. The van der Waals surface area contributed by atoms with Gasteiger partial charge in [-0.25, -0.2) is 14.8 Å². The summed E-state index contributed by atoms with van der Waals surface area (Å²) < 4.78 is 5.05. The third kappa shape index (κ3) is 4.88. The fraction of sp³-hybridized carbons (Fsp3) is 0.150. The molecule has 0 fully saturated rings. The average molecular weight is 377 g/mol. The number of carbonyl (C=O) groups is 2. The van der Waals surface area contributed by atoms with Crippen LogP contribution in [0.5, 0.6) is 0 Å². The van der Waals surface area contributed by atoms with Gasteiger partial charge in [0.2, 0.25) is 5.95 Å². The fourth-order valence-electron chi connectivity index (χ4n) is 2.41. The molecular formula is C20H19N5O3. The lowest BCUT2D eigenvalue weighted by molar-refractivity contribution is 0.0527. The van der Waals surface area contributed by atoms with E-state index in [9.17, 15) is 9.59 Å². The number of ether oxygens (including phenoxy) is 1. The molecule has 3 rings (SSSR count). The highest BCUT2D eigenvalue weighted by Crippen LogP contribution is 2.19. The Morgan fingerprint density at radius 1 is 1.00 bits per heavy atom. The van der Waals surface area contributed by atoms with Crippen molar-refractivity contribution in [2.75, 3.05) is 11.9 Å². The molecule has 2 aromatic heterocycles. The second-order valence-corrected chi connectivity index (χ2v) is 5.66. The number of rotatable bonds is 7. The van der Waals surface area contributed by atoms with Crippen molar-refractivity contribution in [1.29, 1.82) is 0 Å². The van der Waals surface area contributed by atoms with Crippen molar-refractivity contribution < 1.29 is 14.3 Å². The highest BCUT2D eigenvalue weighted by Gasteiger charge is 2.14. The molecule has 0 unspecified atom stereocenters. The molecule has 8 nitrogen and oxygen atoms in total. The Kier molecular flexibility index (Phi) is 6.25. The summed E-state index contributed by atoms with van der Waals surface area (Å²) in [6.45, 7) is 2.30. The SMILES string of the molecule is CCOC(=O)c1ccccc1Nc1nccc(C(=O)NCc2ccccn2)n1. The monoisotopic (exact) mass is 377 g/mol. The minimum atomic E-state index is -0.449. The van der Waals surface area contributed by atoms with Crippen LogP contribution in [0.1, 0.15) is 33.5 Å². The van der Waals surface area contributed by atoms with E-state index >= 15 is 0 Å². The lowest BCUT2D eigenvalue weighted by atomic mass is 10.2. The maximum absolute atomic E-state index is 12.4. The van der Waals surface area contributed by atoms with Gasteiger partial charge >= 0.3 is 5.97 Å². The van der Waals surface area contributed by atoms with Gasteiger partial charge in [0.25, 0.3) is 5.91 Å². The maximum atomic E-state index is 12.4. The Morgan fingerprint density at radius 3 is 2.61 bits per heavy atom. The molecular weight excluding hydrogens is 358 g/mol. The molecule has 3 aromatic rings. The summed E-state index contributed by atoms with van der Waals surface area (Å²) in [5, 5.41) is 5.72. The maximum Gasteiger partial charge on any atom is 0.340 e. The van der Waals surface area contributed by atoms with Crippen molar-refractivity contribution in [3.05, 3.63) is 77.9 Å². The summed E-state index contributed by atoms with van der Waals surface area (Å²) in [6.07, 6.45) is 3.13. The predicted octanol–water partition coefficient (Wildman–Crippen LogP) is 2.72. The van der Waals surface area contributed by atoms with Crippen LogP contribution in [0.3, 0.4) is 0 Å². The molecule has 8 heteroatoms. The van der Waals surface area contributed by atoms with E-state index in [2.05, 4.69) is 25.6 Å². The largest absolute Gasteiger partial charge is 0.462 e. The number of pyridine rings is 1. The molecule has 142 valence electrons. The zero-order valence-electron chi connectivity index (χ0n) is 15.3. The van der Waals surface area contributed by atoms with E-state index in [0.717, 1.165) is 5.69 Å². The molecule has 2 heterocycles. The Hall–Kier alpha value is -3.81. The molecule has 0 aliphatic carbocycles. The quantitative estimate of drug-likeness (QED) is 0.610. The minimum Gasteiger partial charge on any atom is -0.462 e. The van der Waals surface area contributed by atoms with Crippen molar-refractivity contribution in [2.45, 2.75) is 13.5 Å². The van der Waals surface area contributed by atoms with Gasteiger partial charge in [0.05, 0.1) is 30.1 Å². The molecule has 0 aliphatic heterocycles. The summed E-state index contributed by atoms with van der Waals surface area (Å²) in [5.74, 6) is -0.605. The number of nitrogens with one attached hydrogen (secondary N) is 2. The molecule has 0 aliphatic rings. The van der Waals surface area contributed by atoms with Crippen molar-refractivity contribution in [3.63, 3.8) is 0 Å². The Morgan fingerprint density at radius 2 is 1.82 bits per heavy atom. The van der Waals surface area contributed by atoms with Gasteiger partial charge < -0.3 is 15.4 Å². The molecule has 0 radical (unpaired) electrons. The number of nitrogens with zero attached hydrogens (tertiary/aromatic N) is 3. The van der Waals surface area contributed by atoms with E-state index in [0.29, 0.717) is 11.3 Å². The highest BCUT2D eigenvalue weighted by atomic mass is 16.5. The molecule has 0 spiro atoms. The van der Waals surface area contributed by atoms with Crippen LogP contribution in [0.15, 0.2) is 60.9 Å². The van der Waals surface area contributed by atoms with Gasteiger partial charge in [0.15, 0.2) is 0 Å². The van der Waals surface area contributed by atoms with E-state index < -0.39 is 5.97 Å². The molecule has 28 heavy (non-hydrogen) atoms. The molecule has 0 bridgehead atoms. The lowest BCUT2D eigenvalue weighted by Crippen LogP contribution is -2.24. The fourth-order valence-corrected chi connectivity index (χ4v) is 2.41. The first kappa shape index (κ1) is 19.0. The van der Waals surface area contributed by atoms with Crippen molar-refractivity contribution in [1.82, 2.24) is 20.3 Å². The van der Waals surface area contributed by atoms with E-state index in [1.165, 1.54) is 12.3 Å². The van der Waals surface area contributed by atoms with Crippen molar-refractivity contribution in [2.24, 2.45) is 0 Å². The van der Waals surface area contributed by atoms with Gasteiger partial charge in [0, 0.05) is 12.4 Å². The zero-order chi connectivity index (χ0) is 19.8. The Balaban J connectivity index is 1.72. The van der Waals surface area contributed by atoms with Crippen LogP contribution in [-0.2, 0) is 11.3 Å². The van der Waals surface area contributed by atoms with E-state index in [-0.39, 0.29) is 30.7 Å². The van der Waals surface area contributed by atoms with Gasteiger partial charge in [-0.3, -0.25) is 9.78 Å². The zero-order valence-corrected chi connectivity index (χ0v) is 15.3. The van der Waals surface area contributed by atoms with Crippen LogP contribution in [0, 0.1) is 0 Å². The number of hydrogen-bond acceptors (Lipinski definition) is 7. The van der Waals surface area contributed by atoms with Crippen LogP contribution in [0.25, 0.3) is 0 Å². The summed E-state index contributed by atoms with van der Waals surface area (Å²) >= 11 is 0. The summed E-state index contributed by atoms with van der Waals surface area (Å²) in [6, 6.07) is 13.8. The molecule has 0 saturated carbocycles. The van der Waals surface area contributed by atoms with Crippen LogP contribution in [-0.4, -0.2) is 33.4 Å². The van der Waals surface area contributed by atoms with Crippen molar-refractivity contribution >= 4 is 23.5 Å². The summed E-state index contributed by atoms with van der Waals surface area (Å²) in [7, 11) is 0. The Bertz CT molecular complexity index is 963. The number of anilines is 2. The number of esters is 1. The number of benzene rings is 1. The van der Waals surface area contributed by atoms with Gasteiger partial charge in [0.1, 0.15) is 5.69 Å². The minimum absolute atomic E-state index is 0.196. The Labute approximate surface area is 162 Å². The van der Waals surface area contributed by atoms with Crippen LogP contribution in [0.4, 0.5) is 11.6 Å². The van der Waals surface area contributed by atoms with Gasteiger partial charge in [-0.15, -0.1) is 0 Å². The first-order valence-electron chi connectivity index (χ1n) is 8.71. The van der Waals surface area contributed by atoms with Crippen molar-refractivity contribution in [3.8, 4) is 0 Å². The smallest absolute Gasteiger partial charge is 0.340 e. The van der Waals surface area contributed by atoms with Gasteiger partial charge in [-0.05, 0) is 37.3 Å². The topological polar surface area (TPSA) is 106 Å². The van der Waals surface area contributed by atoms with E-state index in [1.54, 1.807) is 37.4 Å². The number of hydrogen-bond donors (Lipinski definition) is 2. The number of aromatic nitrogens is 3. The van der Waals surface area contributed by atoms with Crippen LogP contribution < -0.4 is 10.6 Å². The molecule has 1 amide bonds. The molecule has 2 N–H and O–H groups in total. The lowest BCUT2D eigenvalue weighted by Gasteiger charge is -2.11. The molecule has 0 atom stereocenters. The predicted molar refractivity (Wildman–Crippen MR) is 103 cm³/mol. The van der Waals surface area contributed by atoms with Crippen LogP contribution >= 0.6 is 0 Å². The highest BCUT2D eigenvalue weighted by molar-refractivity contribution is 5.96. The number of carbonyl (C=O) groups excluding carboxylic acids is 2. The summed E-state index contributed by atoms with van der Waals surface area (Å²) in [5.41, 5.74) is 1.79. The van der Waals surface area contributed by atoms with Crippen LogP contribution in [0.2, 0.25) is 0 Å². The van der Waals surface area contributed by atoms with E-state index in [4.69, 9.17) is 4.74 Å². The normalized spacial score (nSPS) is 10.2. The van der Waals surface area contributed by atoms with Gasteiger partial charge in [-0.2, -0.15) is 0 Å². The van der Waals surface area contributed by atoms with Gasteiger partial charge in [-0.1, -0.05) is 18.2 Å².